The Bertz CT molecular complexity index is 487. The van der Waals surface area contributed by atoms with E-state index in [-0.39, 0.29) is 12.1 Å². The molecule has 1 amide bonds. The van der Waals surface area contributed by atoms with E-state index < -0.39 is 11.6 Å². The first kappa shape index (κ1) is 17.8. The third kappa shape index (κ3) is 4.70. The number of ether oxygens (including phenoxy) is 1. The minimum Gasteiger partial charge on any atom is -0.478 e. The lowest BCUT2D eigenvalue weighted by molar-refractivity contribution is -0.133. The summed E-state index contributed by atoms with van der Waals surface area (Å²) in [6.07, 6.45) is 3.99. The lowest BCUT2D eigenvalue weighted by Gasteiger charge is -2.40. The van der Waals surface area contributed by atoms with E-state index in [2.05, 4.69) is 4.90 Å². The van der Waals surface area contributed by atoms with E-state index in [1.54, 1.807) is 4.90 Å². The molecule has 1 unspecified atom stereocenters. The van der Waals surface area contributed by atoms with Crippen LogP contribution in [0.1, 0.15) is 40.0 Å². The normalized spacial score (nSPS) is 24.3. The van der Waals surface area contributed by atoms with Crippen LogP contribution in [-0.2, 0) is 9.53 Å². The van der Waals surface area contributed by atoms with Crippen LogP contribution in [0.5, 0.6) is 0 Å². The average Bonchev–Trinajstić information content (AvgIpc) is 2.46. The van der Waals surface area contributed by atoms with Gasteiger partial charge in [-0.2, -0.15) is 0 Å². The molecule has 0 spiro atoms. The Morgan fingerprint density at radius 1 is 1.22 bits per heavy atom. The molecule has 2 rings (SSSR count). The number of amides is 1. The summed E-state index contributed by atoms with van der Waals surface area (Å²) in [6, 6.07) is 0.149. The molecule has 23 heavy (non-hydrogen) atoms. The van der Waals surface area contributed by atoms with Crippen molar-refractivity contribution >= 4 is 12.1 Å². The summed E-state index contributed by atoms with van der Waals surface area (Å²) in [5.41, 5.74) is 0.0408. The molecule has 0 aromatic rings. The van der Waals surface area contributed by atoms with Crippen LogP contribution in [0.4, 0.5) is 4.79 Å². The predicted octanol–water partition coefficient (Wildman–Crippen LogP) is 2.35. The molecule has 0 radical (unpaired) electrons. The van der Waals surface area contributed by atoms with E-state index in [0.717, 1.165) is 19.4 Å². The highest BCUT2D eigenvalue weighted by Gasteiger charge is 2.33. The van der Waals surface area contributed by atoms with Crippen molar-refractivity contribution in [1.29, 1.82) is 0 Å². The number of carbonyl (C=O) groups excluding carboxylic acids is 1. The summed E-state index contributed by atoms with van der Waals surface area (Å²) in [4.78, 5) is 27.3. The Morgan fingerprint density at radius 2 is 1.83 bits per heavy atom. The zero-order valence-corrected chi connectivity index (χ0v) is 14.5. The van der Waals surface area contributed by atoms with Crippen molar-refractivity contribution in [3.8, 4) is 0 Å². The molecule has 0 aromatic heterocycles. The predicted molar refractivity (Wildman–Crippen MR) is 87.3 cm³/mol. The summed E-state index contributed by atoms with van der Waals surface area (Å²) < 4.78 is 5.41. The minimum atomic E-state index is -0.811. The van der Waals surface area contributed by atoms with E-state index in [1.165, 1.54) is 0 Å². The van der Waals surface area contributed by atoms with Crippen LogP contribution in [0.3, 0.4) is 0 Å². The molecule has 2 aliphatic rings. The molecule has 1 saturated heterocycles. The molecule has 0 aliphatic carbocycles. The van der Waals surface area contributed by atoms with Crippen molar-refractivity contribution in [1.82, 2.24) is 9.80 Å². The zero-order valence-electron chi connectivity index (χ0n) is 14.5. The molecule has 0 aromatic carbocycles. The second kappa shape index (κ2) is 6.91. The molecular formula is C17H28N2O4. The number of carbonyl (C=O) groups is 2. The first-order valence-electron chi connectivity index (χ1n) is 8.29. The fourth-order valence-electron chi connectivity index (χ4n) is 3.29. The van der Waals surface area contributed by atoms with Crippen LogP contribution in [-0.4, -0.2) is 65.3 Å². The number of hydrogen-bond donors (Lipinski definition) is 1. The van der Waals surface area contributed by atoms with Crippen LogP contribution in [0.2, 0.25) is 0 Å². The van der Waals surface area contributed by atoms with Crippen LogP contribution in [0.25, 0.3) is 0 Å². The second-order valence-electron chi connectivity index (χ2n) is 7.52. The van der Waals surface area contributed by atoms with Gasteiger partial charge in [0.1, 0.15) is 5.60 Å². The van der Waals surface area contributed by atoms with Gasteiger partial charge < -0.3 is 14.7 Å². The lowest BCUT2D eigenvalue weighted by atomic mass is 9.85. The van der Waals surface area contributed by atoms with Crippen molar-refractivity contribution in [2.24, 2.45) is 5.92 Å². The molecule has 1 fully saturated rings. The van der Waals surface area contributed by atoms with Crippen LogP contribution in [0, 0.1) is 5.92 Å². The summed E-state index contributed by atoms with van der Waals surface area (Å²) in [7, 11) is 2.04. The molecule has 0 bridgehead atoms. The average molecular weight is 324 g/mol. The Hall–Kier alpha value is -1.56. The standard InChI is InChI=1S/C17H28N2O4/c1-17(2,3)23-16(22)19-9-6-12(7-10-19)14-11-13(15(20)21)5-8-18(14)4/h11-12,14H,5-10H2,1-4H3,(H,20,21). The van der Waals surface area contributed by atoms with Gasteiger partial charge in [0.15, 0.2) is 0 Å². The maximum atomic E-state index is 12.1. The fraction of sp³-hybridized carbons (Fsp3) is 0.765. The highest BCUT2D eigenvalue weighted by atomic mass is 16.6. The maximum absolute atomic E-state index is 12.1. The number of carboxylic acid groups (broad SMARTS) is 1. The van der Waals surface area contributed by atoms with Crippen molar-refractivity contribution in [3.05, 3.63) is 11.6 Å². The van der Waals surface area contributed by atoms with Crippen LogP contribution < -0.4 is 0 Å². The van der Waals surface area contributed by atoms with Gasteiger partial charge in [-0.15, -0.1) is 0 Å². The smallest absolute Gasteiger partial charge is 0.410 e. The number of carboxylic acids is 1. The highest BCUT2D eigenvalue weighted by Crippen LogP contribution is 2.29. The zero-order chi connectivity index (χ0) is 17.2. The van der Waals surface area contributed by atoms with Crippen molar-refractivity contribution in [2.45, 2.75) is 51.7 Å². The number of nitrogens with zero attached hydrogens (tertiary/aromatic N) is 2. The molecule has 2 heterocycles. The summed E-state index contributed by atoms with van der Waals surface area (Å²) >= 11 is 0. The largest absolute Gasteiger partial charge is 0.478 e. The number of piperidine rings is 1. The van der Waals surface area contributed by atoms with Gasteiger partial charge in [-0.05, 0) is 53.0 Å². The third-order valence-electron chi connectivity index (χ3n) is 4.56. The number of aliphatic carboxylic acids is 1. The summed E-state index contributed by atoms with van der Waals surface area (Å²) in [6.45, 7) is 7.71. The number of likely N-dealkylation sites (tertiary alicyclic amines) is 1. The topological polar surface area (TPSA) is 70.1 Å². The Morgan fingerprint density at radius 3 is 2.35 bits per heavy atom. The molecular weight excluding hydrogens is 296 g/mol. The van der Waals surface area contributed by atoms with E-state index in [9.17, 15) is 14.7 Å². The van der Waals surface area contributed by atoms with Gasteiger partial charge in [0, 0.05) is 31.2 Å². The van der Waals surface area contributed by atoms with Gasteiger partial charge in [-0.3, -0.25) is 4.90 Å². The molecule has 1 N–H and O–H groups in total. The Balaban J connectivity index is 1.94. The first-order valence-corrected chi connectivity index (χ1v) is 8.29. The van der Waals surface area contributed by atoms with Gasteiger partial charge in [0.2, 0.25) is 0 Å². The van der Waals surface area contributed by atoms with E-state index in [4.69, 9.17) is 4.74 Å². The lowest BCUT2D eigenvalue weighted by Crippen LogP contribution is -2.47. The van der Waals surface area contributed by atoms with Crippen molar-refractivity contribution < 1.29 is 19.4 Å². The summed E-state index contributed by atoms with van der Waals surface area (Å²) in [5.74, 6) is -0.428. The quantitative estimate of drug-likeness (QED) is 0.844. The highest BCUT2D eigenvalue weighted by molar-refractivity contribution is 5.86. The Kier molecular flexibility index (Phi) is 5.34. The SMILES string of the molecule is CN1CCC(C(=O)O)=CC1C1CCN(C(=O)OC(C)(C)C)CC1. The Labute approximate surface area is 138 Å². The van der Waals surface area contributed by atoms with E-state index in [1.807, 2.05) is 33.9 Å². The van der Waals surface area contributed by atoms with E-state index in [0.29, 0.717) is 31.0 Å². The molecule has 1 atom stereocenters. The van der Waals surface area contributed by atoms with Crippen LogP contribution >= 0.6 is 0 Å². The second-order valence-corrected chi connectivity index (χ2v) is 7.52. The molecule has 0 saturated carbocycles. The van der Waals surface area contributed by atoms with Gasteiger partial charge in [0.05, 0.1) is 0 Å². The molecule has 6 nitrogen and oxygen atoms in total. The van der Waals surface area contributed by atoms with E-state index >= 15 is 0 Å². The molecule has 6 heteroatoms. The van der Waals surface area contributed by atoms with Gasteiger partial charge in [-0.1, -0.05) is 6.08 Å². The number of likely N-dealkylation sites (N-methyl/N-ethyl adjacent to an activating group) is 1. The van der Waals surface area contributed by atoms with Crippen molar-refractivity contribution in [3.63, 3.8) is 0 Å². The van der Waals surface area contributed by atoms with Crippen molar-refractivity contribution in [2.75, 3.05) is 26.7 Å². The molecule has 2 aliphatic heterocycles. The van der Waals surface area contributed by atoms with Gasteiger partial charge >= 0.3 is 12.1 Å². The summed E-state index contributed by atoms with van der Waals surface area (Å²) in [5, 5.41) is 9.21. The maximum Gasteiger partial charge on any atom is 0.410 e. The number of rotatable bonds is 2. The van der Waals surface area contributed by atoms with Gasteiger partial charge in [0.25, 0.3) is 0 Å². The minimum absolute atomic E-state index is 0.149. The third-order valence-corrected chi connectivity index (χ3v) is 4.56. The van der Waals surface area contributed by atoms with Crippen LogP contribution in [0.15, 0.2) is 11.6 Å². The fourth-order valence-corrected chi connectivity index (χ4v) is 3.29. The first-order chi connectivity index (χ1) is 10.7. The molecule has 130 valence electrons. The number of hydrogen-bond acceptors (Lipinski definition) is 4. The van der Waals surface area contributed by atoms with Gasteiger partial charge in [-0.25, -0.2) is 9.59 Å². The monoisotopic (exact) mass is 324 g/mol.